The molecule has 0 N–H and O–H groups in total. The monoisotopic (exact) mass is 302 g/mol. The van der Waals surface area contributed by atoms with Crippen LogP contribution in [-0.4, -0.2) is 0 Å². The Balaban J connectivity index is 1.93. The number of hydrogen-bond donors (Lipinski definition) is 0. The molecular weight excluding hydrogens is 288 g/mol. The van der Waals surface area contributed by atoms with Crippen molar-refractivity contribution in [2.75, 3.05) is 0 Å². The zero-order valence-corrected chi connectivity index (χ0v) is 13.1. The second kappa shape index (κ2) is 4.24. The molecule has 5 aromatic rings. The maximum Gasteiger partial charge on any atom is -0.00259 e. The molecule has 5 aromatic carbocycles. The van der Waals surface area contributed by atoms with Crippen molar-refractivity contribution in [1.29, 1.82) is 0 Å². The predicted molar refractivity (Wildman–Crippen MR) is 105 cm³/mol. The van der Waals surface area contributed by atoms with Crippen molar-refractivity contribution in [3.05, 3.63) is 83.9 Å². The minimum absolute atomic E-state index is 1.31. The summed E-state index contributed by atoms with van der Waals surface area (Å²) in [5.41, 5.74) is 2.74. The zero-order chi connectivity index (χ0) is 15.7. The van der Waals surface area contributed by atoms with Crippen molar-refractivity contribution < 1.29 is 0 Å². The first-order valence-electron chi connectivity index (χ1n) is 8.38. The van der Waals surface area contributed by atoms with E-state index in [2.05, 4.69) is 84.9 Å². The van der Waals surface area contributed by atoms with Gasteiger partial charge in [-0.15, -0.1) is 0 Å². The Bertz CT molecular complexity index is 1340. The van der Waals surface area contributed by atoms with E-state index in [0.29, 0.717) is 0 Å². The third-order valence-corrected chi connectivity index (χ3v) is 5.37. The van der Waals surface area contributed by atoms with E-state index in [1.54, 1.807) is 0 Å². The van der Waals surface area contributed by atoms with Crippen LogP contribution in [0.2, 0.25) is 0 Å². The van der Waals surface area contributed by atoms with Crippen LogP contribution in [-0.2, 0) is 0 Å². The summed E-state index contributed by atoms with van der Waals surface area (Å²) in [6.07, 6.45) is 4.58. The van der Waals surface area contributed by atoms with Gasteiger partial charge in [0.05, 0.1) is 0 Å². The van der Waals surface area contributed by atoms with Crippen LogP contribution < -0.4 is 0 Å². The van der Waals surface area contributed by atoms with Crippen molar-refractivity contribution >= 4 is 55.2 Å². The lowest BCUT2D eigenvalue weighted by Crippen LogP contribution is -1.86. The molecule has 0 unspecified atom stereocenters. The van der Waals surface area contributed by atoms with Gasteiger partial charge in [-0.05, 0) is 66.3 Å². The normalized spacial score (nSPS) is 12.8. The summed E-state index contributed by atoms with van der Waals surface area (Å²) in [6.45, 7) is 0. The van der Waals surface area contributed by atoms with Gasteiger partial charge in [0, 0.05) is 0 Å². The van der Waals surface area contributed by atoms with E-state index in [4.69, 9.17) is 0 Å². The summed E-state index contributed by atoms with van der Waals surface area (Å²) in [6, 6.07) is 26.6. The smallest absolute Gasteiger partial charge is 0.00259 e. The van der Waals surface area contributed by atoms with E-state index in [0.717, 1.165) is 0 Å². The Morgan fingerprint density at radius 1 is 0.417 bits per heavy atom. The van der Waals surface area contributed by atoms with E-state index in [9.17, 15) is 0 Å². The van der Waals surface area contributed by atoms with Gasteiger partial charge in [0.25, 0.3) is 0 Å². The van der Waals surface area contributed by atoms with Crippen LogP contribution in [0, 0.1) is 0 Å². The third-order valence-electron chi connectivity index (χ3n) is 5.37. The molecule has 0 amide bonds. The molecule has 0 fully saturated rings. The van der Waals surface area contributed by atoms with Crippen molar-refractivity contribution in [2.24, 2.45) is 0 Å². The molecule has 0 spiro atoms. The van der Waals surface area contributed by atoms with Crippen LogP contribution in [0.4, 0.5) is 0 Å². The standard InChI is InChI=1S/C24H14/c1-3-7-18-15(5-1)9-10-20-22-12-11-21-19-8-4-2-6-16(19)13-17(24(21)22)14-23(18)20/h1-14H. The van der Waals surface area contributed by atoms with Crippen molar-refractivity contribution in [3.8, 4) is 0 Å². The summed E-state index contributed by atoms with van der Waals surface area (Å²) in [5.74, 6) is 0. The Morgan fingerprint density at radius 3 is 2.00 bits per heavy atom. The molecule has 0 heterocycles. The van der Waals surface area contributed by atoms with Crippen molar-refractivity contribution in [1.82, 2.24) is 0 Å². The van der Waals surface area contributed by atoms with Crippen LogP contribution >= 0.6 is 0 Å². The maximum absolute atomic E-state index is 2.37. The Hall–Kier alpha value is -3.12. The Kier molecular flexibility index (Phi) is 2.18. The van der Waals surface area contributed by atoms with E-state index in [1.165, 1.54) is 54.2 Å². The molecule has 0 aromatic heterocycles. The molecule has 6 rings (SSSR count). The largest absolute Gasteiger partial charge is 0.0616 e. The van der Waals surface area contributed by atoms with Crippen molar-refractivity contribution in [2.45, 2.75) is 0 Å². The Labute approximate surface area is 139 Å². The topological polar surface area (TPSA) is 0 Å². The fraction of sp³-hybridized carbons (Fsp3) is 0. The molecular formula is C24H14. The van der Waals surface area contributed by atoms with Gasteiger partial charge in [0.2, 0.25) is 0 Å². The number of fused-ring (bicyclic) bond motifs is 6. The van der Waals surface area contributed by atoms with Crippen molar-refractivity contribution in [3.63, 3.8) is 0 Å². The molecule has 0 heteroatoms. The van der Waals surface area contributed by atoms with E-state index in [1.807, 2.05) is 0 Å². The number of hydrogen-bond acceptors (Lipinski definition) is 0. The quantitative estimate of drug-likeness (QED) is 0.214. The molecule has 0 saturated heterocycles. The van der Waals surface area contributed by atoms with Gasteiger partial charge in [-0.25, -0.2) is 0 Å². The molecule has 24 heavy (non-hydrogen) atoms. The maximum atomic E-state index is 2.37. The molecule has 110 valence electrons. The van der Waals surface area contributed by atoms with Gasteiger partial charge < -0.3 is 0 Å². The van der Waals surface area contributed by atoms with Gasteiger partial charge in [-0.1, -0.05) is 72.8 Å². The fourth-order valence-corrected chi connectivity index (χ4v) is 4.30. The van der Waals surface area contributed by atoms with Gasteiger partial charge in [-0.3, -0.25) is 0 Å². The Morgan fingerprint density at radius 2 is 1.12 bits per heavy atom. The summed E-state index contributed by atoms with van der Waals surface area (Å²) in [5, 5.41) is 10.7. The van der Waals surface area contributed by atoms with E-state index < -0.39 is 0 Å². The minimum Gasteiger partial charge on any atom is -0.0616 e. The molecule has 0 bridgehead atoms. The molecule has 1 aliphatic rings. The first-order valence-corrected chi connectivity index (χ1v) is 8.38. The van der Waals surface area contributed by atoms with Crippen LogP contribution in [0.25, 0.3) is 55.2 Å². The fourth-order valence-electron chi connectivity index (χ4n) is 4.30. The SMILES string of the molecule is C1=Cc2c3ccc4ccccc4c3cc3cc4ccccc4c1c23. The number of rotatable bonds is 0. The highest BCUT2D eigenvalue weighted by atomic mass is 14.2. The molecule has 0 radical (unpaired) electrons. The molecule has 0 atom stereocenters. The lowest BCUT2D eigenvalue weighted by molar-refractivity contribution is 1.76. The summed E-state index contributed by atoms with van der Waals surface area (Å²) >= 11 is 0. The van der Waals surface area contributed by atoms with Crippen LogP contribution in [0.5, 0.6) is 0 Å². The second-order valence-corrected chi connectivity index (χ2v) is 6.61. The summed E-state index contributed by atoms with van der Waals surface area (Å²) < 4.78 is 0. The highest BCUT2D eigenvalue weighted by molar-refractivity contribution is 6.24. The highest BCUT2D eigenvalue weighted by Gasteiger charge is 2.16. The van der Waals surface area contributed by atoms with Crippen LogP contribution in [0.1, 0.15) is 11.1 Å². The lowest BCUT2D eigenvalue weighted by atomic mass is 9.92. The highest BCUT2D eigenvalue weighted by Crippen LogP contribution is 2.42. The van der Waals surface area contributed by atoms with E-state index >= 15 is 0 Å². The molecule has 0 nitrogen and oxygen atoms in total. The number of benzene rings is 5. The molecule has 0 saturated carbocycles. The first-order chi connectivity index (χ1) is 11.9. The molecule has 0 aliphatic heterocycles. The second-order valence-electron chi connectivity index (χ2n) is 6.61. The average Bonchev–Trinajstić information content (AvgIpc) is 3.08. The summed E-state index contributed by atoms with van der Waals surface area (Å²) in [7, 11) is 0. The van der Waals surface area contributed by atoms with Crippen LogP contribution in [0.3, 0.4) is 0 Å². The summed E-state index contributed by atoms with van der Waals surface area (Å²) in [4.78, 5) is 0. The van der Waals surface area contributed by atoms with Gasteiger partial charge in [-0.2, -0.15) is 0 Å². The van der Waals surface area contributed by atoms with E-state index in [-0.39, 0.29) is 0 Å². The first kappa shape index (κ1) is 12.3. The van der Waals surface area contributed by atoms with Gasteiger partial charge >= 0.3 is 0 Å². The molecule has 1 aliphatic carbocycles. The minimum atomic E-state index is 1.31. The van der Waals surface area contributed by atoms with Gasteiger partial charge in [0.1, 0.15) is 0 Å². The van der Waals surface area contributed by atoms with Crippen LogP contribution in [0.15, 0.2) is 72.8 Å². The lowest BCUT2D eigenvalue weighted by Gasteiger charge is -2.12. The zero-order valence-electron chi connectivity index (χ0n) is 13.1. The predicted octanol–water partition coefficient (Wildman–Crippen LogP) is 6.78. The average molecular weight is 302 g/mol. The van der Waals surface area contributed by atoms with Gasteiger partial charge in [0.15, 0.2) is 0 Å². The third kappa shape index (κ3) is 1.43.